The zero-order valence-corrected chi connectivity index (χ0v) is 26.3. The monoisotopic (exact) mass is 696 g/mol. The highest BCUT2D eigenvalue weighted by Gasteiger charge is 2.43. The lowest BCUT2D eigenvalue weighted by Crippen LogP contribution is -2.49. The van der Waals surface area contributed by atoms with Gasteiger partial charge in [-0.3, -0.25) is 18.7 Å². The number of carbonyl (C=O) groups excluding carboxylic acids is 2. The Morgan fingerprint density at radius 1 is 0.979 bits per heavy atom. The van der Waals surface area contributed by atoms with E-state index in [1.807, 2.05) is 0 Å². The van der Waals surface area contributed by atoms with Gasteiger partial charge in [0.15, 0.2) is 12.0 Å². The van der Waals surface area contributed by atoms with Crippen LogP contribution in [-0.4, -0.2) is 90.3 Å². The van der Waals surface area contributed by atoms with Crippen LogP contribution in [0.3, 0.4) is 0 Å². The number of anilines is 2. The molecule has 1 aliphatic heterocycles. The van der Waals surface area contributed by atoms with E-state index in [2.05, 4.69) is 5.32 Å². The minimum absolute atomic E-state index is 0.0153. The van der Waals surface area contributed by atoms with Gasteiger partial charge < -0.3 is 49.1 Å². The Labute approximate surface area is 265 Å². The number of benzene rings is 2. The summed E-state index contributed by atoms with van der Waals surface area (Å²) in [5.41, 5.74) is -0.128. The lowest BCUT2D eigenvalue weighted by atomic mass is 10.1. The van der Waals surface area contributed by atoms with E-state index in [0.29, 0.717) is 5.52 Å². The minimum Gasteiger partial charge on any atom is -0.477 e. The summed E-state index contributed by atoms with van der Waals surface area (Å²) in [6.45, 7) is 0.0489. The molecule has 0 atom stereocenters. The van der Waals surface area contributed by atoms with Gasteiger partial charge in [0.1, 0.15) is 11.4 Å². The van der Waals surface area contributed by atoms with E-state index in [1.54, 1.807) is 9.47 Å². The van der Waals surface area contributed by atoms with Crippen LogP contribution in [0, 0.1) is 5.82 Å². The van der Waals surface area contributed by atoms with Crippen LogP contribution in [0.1, 0.15) is 34.8 Å². The standard InChI is InChI=1S/C28H31FN4O12P2/c29-21-12-19-22(33(18-5-6-18)14-20(26(19)35)27(36)37)13-23(21)31-7-9-32(10-8-31)28(38)45-15-24(34)30-17-3-1-16(2-4-17)11-25(46(39,40)41)47(42,43)44/h1-4,12-14,18,25H,5-11,15H2,(H,30,34)(H,36,37)(H2,39,40,41)(H2,42,43,44). The van der Waals surface area contributed by atoms with E-state index >= 15 is 4.39 Å². The van der Waals surface area contributed by atoms with E-state index in [4.69, 9.17) is 4.74 Å². The number of piperazine rings is 1. The first-order chi connectivity index (χ1) is 22.0. The highest BCUT2D eigenvalue weighted by Crippen LogP contribution is 2.60. The Balaban J connectivity index is 1.15. The highest BCUT2D eigenvalue weighted by atomic mass is 31.2. The first-order valence-electron chi connectivity index (χ1n) is 14.3. The predicted molar refractivity (Wildman–Crippen MR) is 165 cm³/mol. The number of hydrogen-bond acceptors (Lipinski definition) is 8. The molecule has 16 nitrogen and oxygen atoms in total. The van der Waals surface area contributed by atoms with Crippen LogP contribution >= 0.6 is 15.2 Å². The van der Waals surface area contributed by atoms with Crippen LogP contribution in [0.2, 0.25) is 0 Å². The van der Waals surface area contributed by atoms with E-state index in [-0.39, 0.29) is 54.5 Å². The summed E-state index contributed by atoms with van der Waals surface area (Å²) in [6, 6.07) is 7.95. The maximum absolute atomic E-state index is 15.2. The second-order valence-electron chi connectivity index (χ2n) is 11.3. The Bertz CT molecular complexity index is 1860. The summed E-state index contributed by atoms with van der Waals surface area (Å²) in [7, 11) is -10.2. The van der Waals surface area contributed by atoms with Crippen molar-refractivity contribution in [2.24, 2.45) is 0 Å². The van der Waals surface area contributed by atoms with Crippen LogP contribution in [-0.2, 0) is 25.1 Å². The van der Waals surface area contributed by atoms with Crippen molar-refractivity contribution in [1.82, 2.24) is 9.47 Å². The molecule has 0 bridgehead atoms. The summed E-state index contributed by atoms with van der Waals surface area (Å²) < 4.78 is 45.0. The molecular formula is C28H31FN4O12P2. The summed E-state index contributed by atoms with van der Waals surface area (Å²) in [4.78, 5) is 89.5. The lowest BCUT2D eigenvalue weighted by Gasteiger charge is -2.35. The van der Waals surface area contributed by atoms with E-state index < -0.39 is 68.4 Å². The molecule has 1 saturated carbocycles. The molecule has 2 aromatic carbocycles. The second kappa shape index (κ2) is 13.2. The van der Waals surface area contributed by atoms with Crippen LogP contribution in [0.4, 0.5) is 20.6 Å². The van der Waals surface area contributed by atoms with Gasteiger partial charge in [-0.15, -0.1) is 0 Å². The number of nitrogens with zero attached hydrogens (tertiary/aromatic N) is 3. The number of aromatic nitrogens is 1. The number of amides is 2. The zero-order chi connectivity index (χ0) is 34.3. The number of carboxylic acid groups (broad SMARTS) is 1. The number of nitrogens with one attached hydrogen (secondary N) is 1. The maximum Gasteiger partial charge on any atom is 0.410 e. The van der Waals surface area contributed by atoms with Gasteiger partial charge in [-0.05, 0) is 49.1 Å². The third-order valence-corrected chi connectivity index (χ3v) is 11.6. The van der Waals surface area contributed by atoms with Crippen LogP contribution in [0.25, 0.3) is 10.9 Å². The first kappa shape index (κ1) is 34.2. The van der Waals surface area contributed by atoms with Crippen LogP contribution in [0.15, 0.2) is 47.4 Å². The van der Waals surface area contributed by atoms with Crippen molar-refractivity contribution in [2.75, 3.05) is 43.0 Å². The molecular weight excluding hydrogens is 665 g/mol. The van der Waals surface area contributed by atoms with Crippen molar-refractivity contribution in [3.05, 3.63) is 69.8 Å². The molecule has 1 aliphatic carbocycles. The highest BCUT2D eigenvalue weighted by molar-refractivity contribution is 7.70. The van der Waals surface area contributed by atoms with Crippen molar-refractivity contribution in [1.29, 1.82) is 0 Å². The fourth-order valence-electron chi connectivity index (χ4n) is 5.32. The van der Waals surface area contributed by atoms with Gasteiger partial charge >= 0.3 is 27.3 Å². The summed E-state index contributed by atoms with van der Waals surface area (Å²) >= 11 is 0. The maximum atomic E-state index is 15.2. The third-order valence-electron chi connectivity index (χ3n) is 7.91. The molecule has 0 spiro atoms. The molecule has 0 radical (unpaired) electrons. The largest absolute Gasteiger partial charge is 0.477 e. The summed E-state index contributed by atoms with van der Waals surface area (Å²) in [5, 5.41) is 9.68. The van der Waals surface area contributed by atoms with Gasteiger partial charge in [0, 0.05) is 49.5 Å². The smallest absolute Gasteiger partial charge is 0.410 e. The molecule has 47 heavy (non-hydrogen) atoms. The van der Waals surface area contributed by atoms with Crippen molar-refractivity contribution in [3.8, 4) is 0 Å². The fraction of sp³-hybridized carbons (Fsp3) is 0.357. The quantitative estimate of drug-likeness (QED) is 0.167. The predicted octanol–water partition coefficient (Wildman–Crippen LogP) is 2.30. The van der Waals surface area contributed by atoms with Crippen molar-refractivity contribution in [2.45, 2.75) is 30.7 Å². The molecule has 5 rings (SSSR count). The Kier molecular flexibility index (Phi) is 9.60. The number of pyridine rings is 1. The van der Waals surface area contributed by atoms with Gasteiger partial charge in [0.2, 0.25) is 5.43 Å². The zero-order valence-electron chi connectivity index (χ0n) is 24.6. The van der Waals surface area contributed by atoms with Crippen molar-refractivity contribution < 1.29 is 57.3 Å². The van der Waals surface area contributed by atoms with Crippen LogP contribution < -0.4 is 15.6 Å². The molecule has 3 aromatic rings. The SMILES string of the molecule is O=C(COC(=O)N1CCN(c2cc3c(cc2F)c(=O)c(C(=O)O)cn3C2CC2)CC1)Nc1ccc(CC(P(=O)(O)O)P(=O)(O)O)cc1. The molecule has 2 amide bonds. The van der Waals surface area contributed by atoms with Gasteiger partial charge in [-0.2, -0.15) is 0 Å². The summed E-state index contributed by atoms with van der Waals surface area (Å²) in [5.74, 6) is -2.79. The number of fused-ring (bicyclic) bond motifs is 1. The van der Waals surface area contributed by atoms with E-state index in [1.165, 1.54) is 41.4 Å². The number of aromatic carboxylic acids is 1. The molecule has 6 N–H and O–H groups in total. The average Bonchev–Trinajstić information content (AvgIpc) is 3.84. The number of hydrogen-bond donors (Lipinski definition) is 6. The van der Waals surface area contributed by atoms with Crippen molar-refractivity contribution >= 4 is 55.4 Å². The molecule has 2 heterocycles. The molecule has 1 saturated heterocycles. The number of ether oxygens (including phenoxy) is 1. The number of carboxylic acids is 1. The Hall–Kier alpha value is -4.11. The molecule has 2 aliphatic rings. The summed E-state index contributed by atoms with van der Waals surface area (Å²) in [6.07, 6.45) is 1.53. The van der Waals surface area contributed by atoms with Gasteiger partial charge in [0.25, 0.3) is 5.91 Å². The Morgan fingerprint density at radius 3 is 2.15 bits per heavy atom. The third kappa shape index (κ3) is 7.89. The van der Waals surface area contributed by atoms with Crippen molar-refractivity contribution in [3.63, 3.8) is 0 Å². The number of halogens is 1. The molecule has 1 aromatic heterocycles. The normalized spacial score (nSPS) is 15.6. The molecule has 0 unspecified atom stereocenters. The first-order valence-corrected chi connectivity index (χ1v) is 17.7. The van der Waals surface area contributed by atoms with E-state index in [9.17, 15) is 53.0 Å². The second-order valence-corrected chi connectivity index (χ2v) is 15.3. The van der Waals surface area contributed by atoms with Gasteiger partial charge in [0.05, 0.1) is 11.2 Å². The number of rotatable bonds is 10. The van der Waals surface area contributed by atoms with Crippen LogP contribution in [0.5, 0.6) is 0 Å². The number of carbonyl (C=O) groups is 3. The fourth-order valence-corrected chi connectivity index (χ4v) is 7.79. The lowest BCUT2D eigenvalue weighted by molar-refractivity contribution is -0.119. The minimum atomic E-state index is -5.10. The molecule has 19 heteroatoms. The Morgan fingerprint density at radius 2 is 1.60 bits per heavy atom. The van der Waals surface area contributed by atoms with Gasteiger partial charge in [-0.25, -0.2) is 14.0 Å². The average molecular weight is 697 g/mol. The topological polar surface area (TPSA) is 236 Å². The molecule has 252 valence electrons. The van der Waals surface area contributed by atoms with Gasteiger partial charge in [-0.1, -0.05) is 12.1 Å². The molecule has 2 fully saturated rings. The van der Waals surface area contributed by atoms with E-state index in [0.717, 1.165) is 18.9 Å².